The summed E-state index contributed by atoms with van der Waals surface area (Å²) in [5.41, 5.74) is 11.2. The molecule has 2 unspecified atom stereocenters. The van der Waals surface area contributed by atoms with E-state index in [1.54, 1.807) is 4.90 Å². The van der Waals surface area contributed by atoms with Crippen LogP contribution in [0.2, 0.25) is 0 Å². The number of hydrogen-bond donors (Lipinski definition) is 1. The molecule has 2 N–H and O–H groups in total. The lowest BCUT2D eigenvalue weighted by Crippen LogP contribution is -2.30. The van der Waals surface area contributed by atoms with Crippen LogP contribution in [0.3, 0.4) is 0 Å². The smallest absolute Gasteiger partial charge is 0.414 e. The van der Waals surface area contributed by atoms with Gasteiger partial charge in [-0.2, -0.15) is 0 Å². The van der Waals surface area contributed by atoms with Gasteiger partial charge in [0.05, 0.1) is 6.54 Å². The van der Waals surface area contributed by atoms with Gasteiger partial charge in [-0.3, -0.25) is 4.90 Å². The number of fused-ring (bicyclic) bond motifs is 1. The monoisotopic (exact) mass is 357 g/mol. The molecule has 5 heteroatoms. The third-order valence-corrected chi connectivity index (χ3v) is 7.23. The van der Waals surface area contributed by atoms with Crippen molar-refractivity contribution >= 4 is 17.5 Å². The quantitative estimate of drug-likeness (QED) is 0.898. The molecule has 1 amide bonds. The summed E-state index contributed by atoms with van der Waals surface area (Å²) in [5.74, 6) is 0. The molecule has 4 rings (SSSR count). The van der Waals surface area contributed by atoms with Gasteiger partial charge in [-0.1, -0.05) is 20.3 Å². The highest BCUT2D eigenvalue weighted by Gasteiger charge is 2.54. The van der Waals surface area contributed by atoms with E-state index in [2.05, 4.69) is 44.7 Å². The lowest BCUT2D eigenvalue weighted by molar-refractivity contribution is 0.145. The second kappa shape index (κ2) is 5.88. The first-order chi connectivity index (χ1) is 12.3. The minimum atomic E-state index is -0.289. The van der Waals surface area contributed by atoms with Crippen molar-refractivity contribution in [1.29, 1.82) is 0 Å². The molecule has 2 saturated heterocycles. The highest BCUT2D eigenvalue weighted by Crippen LogP contribution is 2.58. The van der Waals surface area contributed by atoms with Gasteiger partial charge in [-0.15, -0.1) is 0 Å². The van der Waals surface area contributed by atoms with Crippen LogP contribution in [-0.4, -0.2) is 38.4 Å². The number of cyclic esters (lactones) is 1. The Morgan fingerprint density at radius 3 is 2.23 bits per heavy atom. The number of nitrogens with two attached hydrogens (primary N) is 1. The molecule has 3 aliphatic rings. The topological polar surface area (TPSA) is 58.8 Å². The molecule has 0 aromatic heterocycles. The molecule has 0 radical (unpaired) electrons. The summed E-state index contributed by atoms with van der Waals surface area (Å²) in [6.07, 6.45) is 3.52. The predicted molar refractivity (Wildman–Crippen MR) is 105 cm³/mol. The summed E-state index contributed by atoms with van der Waals surface area (Å²) in [6, 6.07) is 4.25. The highest BCUT2D eigenvalue weighted by atomic mass is 16.6. The number of nitrogens with zero attached hydrogens (tertiary/aromatic N) is 2. The van der Waals surface area contributed by atoms with Gasteiger partial charge in [-0.25, -0.2) is 4.79 Å². The first-order valence-electron chi connectivity index (χ1n) is 9.81. The van der Waals surface area contributed by atoms with Crippen molar-refractivity contribution in [2.45, 2.75) is 53.1 Å². The third-order valence-electron chi connectivity index (χ3n) is 7.23. The van der Waals surface area contributed by atoms with Crippen LogP contribution in [0.15, 0.2) is 12.1 Å². The van der Waals surface area contributed by atoms with Crippen LogP contribution < -0.4 is 15.5 Å². The van der Waals surface area contributed by atoms with Gasteiger partial charge >= 0.3 is 6.09 Å². The van der Waals surface area contributed by atoms with Crippen molar-refractivity contribution in [2.75, 3.05) is 36.0 Å². The zero-order valence-corrected chi connectivity index (χ0v) is 16.5. The van der Waals surface area contributed by atoms with E-state index in [1.165, 1.54) is 36.1 Å². The Labute approximate surface area is 156 Å². The molecular weight excluding hydrogens is 326 g/mol. The van der Waals surface area contributed by atoms with Crippen molar-refractivity contribution in [1.82, 2.24) is 0 Å². The van der Waals surface area contributed by atoms with Gasteiger partial charge in [-0.05, 0) is 60.8 Å². The van der Waals surface area contributed by atoms with Crippen LogP contribution in [-0.2, 0) is 4.74 Å². The van der Waals surface area contributed by atoms with Crippen molar-refractivity contribution in [2.24, 2.45) is 16.6 Å². The molecule has 2 aliphatic heterocycles. The first kappa shape index (κ1) is 17.7. The van der Waals surface area contributed by atoms with Crippen molar-refractivity contribution in [3.05, 3.63) is 23.3 Å². The number of hydrogen-bond acceptors (Lipinski definition) is 4. The van der Waals surface area contributed by atoms with Crippen LogP contribution in [0.5, 0.6) is 0 Å². The van der Waals surface area contributed by atoms with Crippen LogP contribution in [0, 0.1) is 24.7 Å². The minimum Gasteiger partial charge on any atom is -0.443 e. The van der Waals surface area contributed by atoms with E-state index in [0.717, 1.165) is 18.8 Å². The van der Waals surface area contributed by atoms with Crippen LogP contribution >= 0.6 is 0 Å². The molecule has 3 atom stereocenters. The maximum absolute atomic E-state index is 12.2. The average Bonchev–Trinajstić information content (AvgIpc) is 3.14. The molecule has 1 saturated carbocycles. The van der Waals surface area contributed by atoms with E-state index in [-0.39, 0.29) is 12.2 Å². The molecule has 1 aliphatic carbocycles. The summed E-state index contributed by atoms with van der Waals surface area (Å²) in [5, 5.41) is 0. The summed E-state index contributed by atoms with van der Waals surface area (Å²) in [6.45, 7) is 12.4. The van der Waals surface area contributed by atoms with E-state index < -0.39 is 0 Å². The number of aryl methyl sites for hydroxylation is 2. The lowest BCUT2D eigenvalue weighted by atomic mass is 9.71. The number of carbonyl (C=O) groups is 1. The summed E-state index contributed by atoms with van der Waals surface area (Å²) < 4.78 is 5.32. The van der Waals surface area contributed by atoms with E-state index in [0.29, 0.717) is 23.9 Å². The van der Waals surface area contributed by atoms with E-state index in [9.17, 15) is 4.79 Å². The minimum absolute atomic E-state index is 0.208. The molecule has 1 aromatic rings. The van der Waals surface area contributed by atoms with E-state index >= 15 is 0 Å². The summed E-state index contributed by atoms with van der Waals surface area (Å²) >= 11 is 0. The number of rotatable bonds is 3. The van der Waals surface area contributed by atoms with Crippen LogP contribution in [0.25, 0.3) is 0 Å². The average molecular weight is 357 g/mol. The molecule has 1 aromatic carbocycles. The molecular formula is C21H31N3O2. The zero-order valence-electron chi connectivity index (χ0n) is 16.5. The summed E-state index contributed by atoms with van der Waals surface area (Å²) in [4.78, 5) is 16.5. The predicted octanol–water partition coefficient (Wildman–Crippen LogP) is 3.60. The number of carbonyl (C=O) groups excluding carboxylic acids is 1. The Kier molecular flexibility index (Phi) is 3.99. The maximum Gasteiger partial charge on any atom is 0.414 e. The number of amides is 1. The molecule has 0 bridgehead atoms. The normalized spacial score (nSPS) is 33.7. The Balaban J connectivity index is 1.63. The highest BCUT2D eigenvalue weighted by molar-refractivity contribution is 5.90. The van der Waals surface area contributed by atoms with Crippen molar-refractivity contribution in [3.8, 4) is 0 Å². The van der Waals surface area contributed by atoms with Gasteiger partial charge in [0.2, 0.25) is 0 Å². The van der Waals surface area contributed by atoms with Crippen LogP contribution in [0.4, 0.5) is 16.2 Å². The fraction of sp³-hybridized carbons (Fsp3) is 0.667. The second-order valence-corrected chi connectivity index (χ2v) is 9.11. The van der Waals surface area contributed by atoms with Gasteiger partial charge in [0.1, 0.15) is 6.10 Å². The van der Waals surface area contributed by atoms with Crippen molar-refractivity contribution in [3.63, 3.8) is 0 Å². The molecule has 2 heterocycles. The first-order valence-corrected chi connectivity index (χ1v) is 9.81. The Bertz CT molecular complexity index is 708. The molecule has 142 valence electrons. The summed E-state index contributed by atoms with van der Waals surface area (Å²) in [7, 11) is 0. The molecule has 0 spiro atoms. The standard InChI is InChI=1S/C21H31N3O2/c1-14-8-16(24-11-17(10-22)26-19(24)25)9-15(2)18(14)23-12-20(3)6-5-7-21(20,4)13-23/h8-9,17H,5-7,10-13,22H2,1-4H3/t17-,20?,21?/m0/s1. The largest absolute Gasteiger partial charge is 0.443 e. The van der Waals surface area contributed by atoms with Crippen LogP contribution in [0.1, 0.15) is 44.2 Å². The zero-order chi connectivity index (χ0) is 18.7. The Hall–Kier alpha value is -1.75. The molecule has 26 heavy (non-hydrogen) atoms. The van der Waals surface area contributed by atoms with Gasteiger partial charge in [0.15, 0.2) is 0 Å². The third kappa shape index (κ3) is 2.51. The number of ether oxygens (including phenoxy) is 1. The number of benzene rings is 1. The molecule has 3 fully saturated rings. The second-order valence-electron chi connectivity index (χ2n) is 9.11. The maximum atomic E-state index is 12.2. The number of anilines is 2. The lowest BCUT2D eigenvalue weighted by Gasteiger charge is -2.32. The van der Waals surface area contributed by atoms with Gasteiger partial charge in [0, 0.05) is 31.0 Å². The molecule has 5 nitrogen and oxygen atoms in total. The Morgan fingerprint density at radius 2 is 1.73 bits per heavy atom. The van der Waals surface area contributed by atoms with Gasteiger partial charge < -0.3 is 15.4 Å². The fourth-order valence-corrected chi connectivity index (χ4v) is 5.51. The van der Waals surface area contributed by atoms with E-state index in [4.69, 9.17) is 10.5 Å². The van der Waals surface area contributed by atoms with E-state index in [1.807, 2.05) is 0 Å². The fourth-order valence-electron chi connectivity index (χ4n) is 5.51. The van der Waals surface area contributed by atoms with Gasteiger partial charge in [0.25, 0.3) is 0 Å². The Morgan fingerprint density at radius 1 is 1.15 bits per heavy atom. The van der Waals surface area contributed by atoms with Crippen molar-refractivity contribution < 1.29 is 9.53 Å². The SMILES string of the molecule is Cc1cc(N2C[C@H](CN)OC2=O)cc(C)c1N1CC2(C)CCCC2(C)C1.